The topological polar surface area (TPSA) is 67.8 Å². The molecule has 4 nitrogen and oxygen atoms in total. The minimum Gasteiger partial charge on any atom is -0.488 e. The minimum atomic E-state index is -0.532. The second-order valence-corrected chi connectivity index (χ2v) is 5.05. The summed E-state index contributed by atoms with van der Waals surface area (Å²) in [7, 11) is 0. The fourth-order valence-electron chi connectivity index (χ4n) is 1.69. The van der Waals surface area contributed by atoms with E-state index >= 15 is 0 Å². The van der Waals surface area contributed by atoms with E-state index in [1.165, 1.54) is 30.3 Å². The number of nitrogens with zero attached hydrogens (tertiary/aromatic N) is 1. The molecule has 2 aromatic carbocycles. The highest BCUT2D eigenvalue weighted by atomic mass is 79.9. The van der Waals surface area contributed by atoms with Crippen LogP contribution < -0.4 is 10.5 Å². The maximum absolute atomic E-state index is 13.5. The zero-order chi connectivity index (χ0) is 15.4. The van der Waals surface area contributed by atoms with Crippen LogP contribution >= 0.6 is 15.9 Å². The molecule has 0 aliphatic heterocycles. The predicted molar refractivity (Wildman–Crippen MR) is 77.3 cm³/mol. The van der Waals surface area contributed by atoms with Crippen LogP contribution in [0.25, 0.3) is 0 Å². The lowest BCUT2D eigenvalue weighted by atomic mass is 10.1. The highest BCUT2D eigenvalue weighted by molar-refractivity contribution is 9.10. The molecule has 0 fully saturated rings. The fourth-order valence-corrected chi connectivity index (χ4v) is 2.16. The summed E-state index contributed by atoms with van der Waals surface area (Å²) in [4.78, 5) is 0. The van der Waals surface area contributed by atoms with Crippen LogP contribution in [0.5, 0.6) is 5.75 Å². The van der Waals surface area contributed by atoms with Crippen LogP contribution in [0.4, 0.5) is 8.78 Å². The third kappa shape index (κ3) is 3.91. The summed E-state index contributed by atoms with van der Waals surface area (Å²) < 4.78 is 32.4. The first-order valence-electron chi connectivity index (χ1n) is 5.85. The molecular formula is C14H11BrF2N2O2. The van der Waals surface area contributed by atoms with Crippen molar-refractivity contribution < 1.29 is 18.7 Å². The smallest absolute Gasteiger partial charge is 0.170 e. The Kier molecular flexibility index (Phi) is 4.74. The molecular weight excluding hydrogens is 346 g/mol. The number of ether oxygens (including phenoxy) is 1. The quantitative estimate of drug-likeness (QED) is 0.381. The summed E-state index contributed by atoms with van der Waals surface area (Å²) in [6.45, 7) is 0.0493. The van der Waals surface area contributed by atoms with Crippen molar-refractivity contribution in [3.63, 3.8) is 0 Å². The van der Waals surface area contributed by atoms with E-state index in [-0.39, 0.29) is 18.0 Å². The lowest BCUT2D eigenvalue weighted by Gasteiger charge is -2.09. The van der Waals surface area contributed by atoms with Crippen molar-refractivity contribution >= 4 is 21.8 Å². The van der Waals surface area contributed by atoms with E-state index in [4.69, 9.17) is 15.7 Å². The predicted octanol–water partition coefficient (Wildman–Crippen LogP) is 3.40. The van der Waals surface area contributed by atoms with Crippen LogP contribution in [0.2, 0.25) is 0 Å². The fraction of sp³-hybridized carbons (Fsp3) is 0.0714. The lowest BCUT2D eigenvalue weighted by molar-refractivity contribution is 0.303. The van der Waals surface area contributed by atoms with Gasteiger partial charge < -0.3 is 15.7 Å². The molecule has 0 spiro atoms. The molecule has 0 radical (unpaired) electrons. The van der Waals surface area contributed by atoms with Gasteiger partial charge in [0.15, 0.2) is 5.84 Å². The third-order valence-electron chi connectivity index (χ3n) is 2.65. The Hall–Kier alpha value is -2.15. The average molecular weight is 357 g/mol. The van der Waals surface area contributed by atoms with E-state index < -0.39 is 11.6 Å². The van der Waals surface area contributed by atoms with Crippen LogP contribution in [0.15, 0.2) is 46.0 Å². The normalized spacial score (nSPS) is 11.5. The van der Waals surface area contributed by atoms with E-state index in [9.17, 15) is 8.78 Å². The highest BCUT2D eigenvalue weighted by Crippen LogP contribution is 2.26. The molecule has 0 bridgehead atoms. The number of hydrogen-bond donors (Lipinski definition) is 2. The Morgan fingerprint density at radius 2 is 1.95 bits per heavy atom. The van der Waals surface area contributed by atoms with Crippen molar-refractivity contribution in [2.45, 2.75) is 6.61 Å². The molecule has 3 N–H and O–H groups in total. The van der Waals surface area contributed by atoms with Crippen LogP contribution in [0, 0.1) is 11.6 Å². The van der Waals surface area contributed by atoms with E-state index in [1.807, 2.05) is 0 Å². The van der Waals surface area contributed by atoms with Crippen LogP contribution in [0.3, 0.4) is 0 Å². The number of halogens is 3. The number of oxime groups is 1. The van der Waals surface area contributed by atoms with Gasteiger partial charge in [-0.3, -0.25) is 0 Å². The first kappa shape index (κ1) is 15.2. The monoisotopic (exact) mass is 356 g/mol. The number of amidine groups is 1. The van der Waals surface area contributed by atoms with E-state index in [0.717, 1.165) is 6.07 Å². The summed E-state index contributed by atoms with van der Waals surface area (Å²) in [5.41, 5.74) is 6.16. The van der Waals surface area contributed by atoms with Crippen molar-refractivity contribution in [3.05, 3.63) is 63.6 Å². The van der Waals surface area contributed by atoms with Gasteiger partial charge in [0.2, 0.25) is 0 Å². The second-order valence-electron chi connectivity index (χ2n) is 4.20. The first-order chi connectivity index (χ1) is 9.99. The van der Waals surface area contributed by atoms with Gasteiger partial charge in [-0.15, -0.1) is 0 Å². The molecule has 7 heteroatoms. The SMILES string of the molecule is N/C(=N/O)c1cc(F)cc(COc2ccc(F)cc2Br)c1. The molecule has 0 unspecified atom stereocenters. The van der Waals surface area contributed by atoms with Gasteiger partial charge >= 0.3 is 0 Å². The zero-order valence-corrected chi connectivity index (χ0v) is 12.3. The van der Waals surface area contributed by atoms with Gasteiger partial charge in [0.05, 0.1) is 4.47 Å². The van der Waals surface area contributed by atoms with Gasteiger partial charge in [-0.1, -0.05) is 5.16 Å². The summed E-state index contributed by atoms with van der Waals surface area (Å²) in [5, 5.41) is 11.4. The van der Waals surface area contributed by atoms with E-state index in [0.29, 0.717) is 15.8 Å². The molecule has 2 aromatic rings. The summed E-state index contributed by atoms with van der Waals surface area (Å²) in [6.07, 6.45) is 0. The molecule has 2 rings (SSSR count). The largest absolute Gasteiger partial charge is 0.488 e. The van der Waals surface area contributed by atoms with Crippen molar-refractivity contribution in [1.29, 1.82) is 0 Å². The molecule has 0 aliphatic rings. The number of benzene rings is 2. The molecule has 0 atom stereocenters. The van der Waals surface area contributed by atoms with E-state index in [2.05, 4.69) is 21.1 Å². The molecule has 0 saturated heterocycles. The van der Waals surface area contributed by atoms with Gasteiger partial charge in [0.1, 0.15) is 24.0 Å². The molecule has 110 valence electrons. The number of hydrogen-bond acceptors (Lipinski definition) is 3. The Morgan fingerprint density at radius 3 is 2.62 bits per heavy atom. The highest BCUT2D eigenvalue weighted by Gasteiger charge is 2.07. The Balaban J connectivity index is 2.18. The lowest BCUT2D eigenvalue weighted by Crippen LogP contribution is -2.14. The van der Waals surface area contributed by atoms with Crippen molar-refractivity contribution in [2.75, 3.05) is 0 Å². The van der Waals surface area contributed by atoms with Crippen LogP contribution in [0.1, 0.15) is 11.1 Å². The van der Waals surface area contributed by atoms with Gasteiger partial charge in [-0.05, 0) is 57.9 Å². The Labute approximate surface area is 128 Å². The molecule has 0 saturated carbocycles. The van der Waals surface area contributed by atoms with Gasteiger partial charge in [-0.2, -0.15) is 0 Å². The van der Waals surface area contributed by atoms with Crippen LogP contribution in [-0.2, 0) is 6.61 Å². The van der Waals surface area contributed by atoms with Crippen molar-refractivity contribution in [1.82, 2.24) is 0 Å². The molecule has 0 aromatic heterocycles. The van der Waals surface area contributed by atoms with Crippen molar-refractivity contribution in [3.8, 4) is 5.75 Å². The minimum absolute atomic E-state index is 0.0493. The average Bonchev–Trinajstić information content (AvgIpc) is 2.45. The summed E-state index contributed by atoms with van der Waals surface area (Å²) in [6, 6.07) is 7.94. The molecule has 21 heavy (non-hydrogen) atoms. The van der Waals surface area contributed by atoms with Crippen LogP contribution in [-0.4, -0.2) is 11.0 Å². The summed E-state index contributed by atoms with van der Waals surface area (Å²) >= 11 is 3.17. The van der Waals surface area contributed by atoms with E-state index in [1.54, 1.807) is 0 Å². The first-order valence-corrected chi connectivity index (χ1v) is 6.64. The second kappa shape index (κ2) is 6.53. The Bertz CT molecular complexity index is 693. The maximum atomic E-state index is 13.5. The van der Waals surface area contributed by atoms with Gasteiger partial charge in [0, 0.05) is 5.56 Å². The zero-order valence-electron chi connectivity index (χ0n) is 10.7. The maximum Gasteiger partial charge on any atom is 0.170 e. The Morgan fingerprint density at radius 1 is 1.19 bits per heavy atom. The van der Waals surface area contributed by atoms with Gasteiger partial charge in [-0.25, -0.2) is 8.78 Å². The molecule has 0 aliphatic carbocycles. The number of nitrogens with two attached hydrogens (primary N) is 1. The number of rotatable bonds is 4. The standard InChI is InChI=1S/C14H11BrF2N2O2/c15-12-6-10(16)1-2-13(12)21-7-8-3-9(14(18)19-20)5-11(17)4-8/h1-6,20H,7H2,(H2,18,19). The van der Waals surface area contributed by atoms with Gasteiger partial charge in [0.25, 0.3) is 0 Å². The molecule has 0 heterocycles. The third-order valence-corrected chi connectivity index (χ3v) is 3.27. The van der Waals surface area contributed by atoms with Crippen molar-refractivity contribution in [2.24, 2.45) is 10.9 Å². The summed E-state index contributed by atoms with van der Waals surface area (Å²) in [5.74, 6) is -0.699. The molecule has 0 amide bonds.